The SMILES string of the molecule is CO[C@@H](C)C(=O)N1N=C(c2cc(F)ccc2F)OC1(CCCN)c1ccc(C)cc1. The maximum absolute atomic E-state index is 14.5. The van der Waals surface area contributed by atoms with Gasteiger partial charge in [0.25, 0.3) is 5.91 Å². The smallest absolute Gasteiger partial charge is 0.275 e. The first-order valence-electron chi connectivity index (χ1n) is 9.69. The molecule has 0 spiro atoms. The van der Waals surface area contributed by atoms with Crippen LogP contribution in [-0.4, -0.2) is 36.6 Å². The zero-order chi connectivity index (χ0) is 21.9. The summed E-state index contributed by atoms with van der Waals surface area (Å²) in [6.45, 7) is 3.87. The fraction of sp³-hybridized carbons (Fsp3) is 0.364. The molecule has 160 valence electrons. The van der Waals surface area contributed by atoms with Gasteiger partial charge in [0.2, 0.25) is 11.6 Å². The quantitative estimate of drug-likeness (QED) is 0.749. The number of benzene rings is 2. The maximum atomic E-state index is 14.5. The summed E-state index contributed by atoms with van der Waals surface area (Å²) in [6, 6.07) is 10.4. The van der Waals surface area contributed by atoms with Gasteiger partial charge in [0, 0.05) is 19.1 Å². The number of amides is 1. The molecule has 0 fully saturated rings. The molecule has 8 heteroatoms. The number of methoxy groups -OCH3 is 1. The average Bonchev–Trinajstić information content (AvgIpc) is 3.13. The Hall–Kier alpha value is -2.84. The Morgan fingerprint density at radius 1 is 1.27 bits per heavy atom. The molecule has 30 heavy (non-hydrogen) atoms. The number of hydrogen-bond acceptors (Lipinski definition) is 5. The Morgan fingerprint density at radius 2 is 1.97 bits per heavy atom. The Labute approximate surface area is 174 Å². The first-order valence-corrected chi connectivity index (χ1v) is 9.69. The largest absolute Gasteiger partial charge is 0.443 e. The highest BCUT2D eigenvalue weighted by molar-refractivity contribution is 5.97. The van der Waals surface area contributed by atoms with Crippen molar-refractivity contribution in [2.24, 2.45) is 10.8 Å². The van der Waals surface area contributed by atoms with Gasteiger partial charge in [-0.05, 0) is 45.0 Å². The third-order valence-electron chi connectivity index (χ3n) is 5.09. The number of rotatable bonds is 7. The van der Waals surface area contributed by atoms with Crippen molar-refractivity contribution in [3.8, 4) is 0 Å². The third-order valence-corrected chi connectivity index (χ3v) is 5.09. The summed E-state index contributed by atoms with van der Waals surface area (Å²) in [5, 5.41) is 5.45. The molecule has 2 aromatic carbocycles. The monoisotopic (exact) mass is 417 g/mol. The minimum atomic E-state index is -1.36. The fourth-order valence-electron chi connectivity index (χ4n) is 3.30. The Balaban J connectivity index is 2.16. The Kier molecular flexibility index (Phi) is 6.48. The van der Waals surface area contributed by atoms with Crippen molar-refractivity contribution in [3.05, 3.63) is 70.8 Å². The second kappa shape index (κ2) is 8.89. The lowest BCUT2D eigenvalue weighted by atomic mass is 9.95. The van der Waals surface area contributed by atoms with E-state index in [2.05, 4.69) is 5.10 Å². The molecule has 0 aliphatic carbocycles. The van der Waals surface area contributed by atoms with Gasteiger partial charge in [0.1, 0.15) is 17.7 Å². The maximum Gasteiger partial charge on any atom is 0.275 e. The van der Waals surface area contributed by atoms with Crippen molar-refractivity contribution < 1.29 is 23.0 Å². The van der Waals surface area contributed by atoms with Crippen molar-refractivity contribution in [1.82, 2.24) is 5.01 Å². The summed E-state index contributed by atoms with van der Waals surface area (Å²) in [6.07, 6.45) is -0.0108. The van der Waals surface area contributed by atoms with Crippen LogP contribution in [0.1, 0.15) is 36.5 Å². The van der Waals surface area contributed by atoms with E-state index in [0.29, 0.717) is 24.9 Å². The lowest BCUT2D eigenvalue weighted by molar-refractivity contribution is -0.162. The van der Waals surface area contributed by atoms with Crippen LogP contribution in [0.15, 0.2) is 47.6 Å². The van der Waals surface area contributed by atoms with Crippen LogP contribution < -0.4 is 5.73 Å². The second-order valence-electron chi connectivity index (χ2n) is 7.20. The number of halogens is 2. The van der Waals surface area contributed by atoms with Gasteiger partial charge in [-0.1, -0.05) is 29.8 Å². The van der Waals surface area contributed by atoms with E-state index in [4.69, 9.17) is 15.2 Å². The molecule has 1 aliphatic heterocycles. The summed E-state index contributed by atoms with van der Waals surface area (Å²) >= 11 is 0. The van der Waals surface area contributed by atoms with Gasteiger partial charge < -0.3 is 15.2 Å². The highest BCUT2D eigenvalue weighted by atomic mass is 19.1. The number of nitrogens with two attached hydrogens (primary N) is 1. The molecule has 0 saturated carbocycles. The zero-order valence-electron chi connectivity index (χ0n) is 17.2. The molecule has 0 aromatic heterocycles. The normalized spacial score (nSPS) is 19.4. The van der Waals surface area contributed by atoms with Crippen LogP contribution in [-0.2, 0) is 20.0 Å². The minimum Gasteiger partial charge on any atom is -0.443 e. The predicted molar refractivity (Wildman–Crippen MR) is 108 cm³/mol. The molecule has 1 amide bonds. The van der Waals surface area contributed by atoms with Crippen molar-refractivity contribution in [1.29, 1.82) is 0 Å². The van der Waals surface area contributed by atoms with Crippen LogP contribution in [0.5, 0.6) is 0 Å². The number of hydrazone groups is 1. The van der Waals surface area contributed by atoms with Gasteiger partial charge in [-0.15, -0.1) is 5.10 Å². The summed E-state index contributed by atoms with van der Waals surface area (Å²) in [5.41, 5.74) is 5.88. The number of carbonyl (C=O) groups is 1. The van der Waals surface area contributed by atoms with Crippen molar-refractivity contribution in [3.63, 3.8) is 0 Å². The number of hydrogen-bond donors (Lipinski definition) is 1. The molecule has 6 nitrogen and oxygen atoms in total. The average molecular weight is 417 g/mol. The zero-order valence-corrected chi connectivity index (χ0v) is 17.2. The van der Waals surface area contributed by atoms with Gasteiger partial charge in [-0.25, -0.2) is 8.78 Å². The van der Waals surface area contributed by atoms with Gasteiger partial charge in [-0.3, -0.25) is 4.79 Å². The summed E-state index contributed by atoms with van der Waals surface area (Å²) in [5.74, 6) is -2.00. The second-order valence-corrected chi connectivity index (χ2v) is 7.20. The van der Waals surface area contributed by atoms with Gasteiger partial charge in [-0.2, -0.15) is 5.01 Å². The first-order chi connectivity index (χ1) is 14.3. The highest BCUT2D eigenvalue weighted by Gasteiger charge is 2.50. The summed E-state index contributed by atoms with van der Waals surface area (Å²) < 4.78 is 39.6. The van der Waals surface area contributed by atoms with E-state index < -0.39 is 29.4 Å². The summed E-state index contributed by atoms with van der Waals surface area (Å²) in [4.78, 5) is 13.1. The molecule has 1 unspecified atom stereocenters. The van der Waals surface area contributed by atoms with Crippen LogP contribution in [0.25, 0.3) is 0 Å². The van der Waals surface area contributed by atoms with Crippen molar-refractivity contribution in [2.45, 2.75) is 38.5 Å². The Morgan fingerprint density at radius 3 is 2.60 bits per heavy atom. The lowest BCUT2D eigenvalue weighted by Crippen LogP contribution is -2.48. The van der Waals surface area contributed by atoms with E-state index in [1.54, 1.807) is 6.92 Å². The van der Waals surface area contributed by atoms with Crippen LogP contribution >= 0.6 is 0 Å². The van der Waals surface area contributed by atoms with Gasteiger partial charge >= 0.3 is 0 Å². The molecule has 2 atom stereocenters. The van der Waals surface area contributed by atoms with E-state index in [1.807, 2.05) is 31.2 Å². The number of nitrogens with zero attached hydrogens (tertiary/aromatic N) is 2. The highest BCUT2D eigenvalue weighted by Crippen LogP contribution is 2.41. The molecule has 2 N–H and O–H groups in total. The molecular weight excluding hydrogens is 392 g/mol. The number of carbonyl (C=O) groups excluding carboxylic acids is 1. The molecule has 2 aromatic rings. The van der Waals surface area contributed by atoms with E-state index in [0.717, 1.165) is 23.8 Å². The lowest BCUT2D eigenvalue weighted by Gasteiger charge is -2.36. The van der Waals surface area contributed by atoms with Gasteiger partial charge in [0.05, 0.1) is 5.56 Å². The first kappa shape index (κ1) is 21.9. The van der Waals surface area contributed by atoms with Crippen molar-refractivity contribution in [2.75, 3.05) is 13.7 Å². The Bertz CT molecular complexity index is 949. The topological polar surface area (TPSA) is 77.1 Å². The molecular formula is C22H25F2N3O3. The van der Waals surface area contributed by atoms with Crippen LogP contribution in [0.4, 0.5) is 8.78 Å². The van der Waals surface area contributed by atoms with Gasteiger partial charge in [0.15, 0.2) is 0 Å². The fourth-order valence-corrected chi connectivity index (χ4v) is 3.30. The van der Waals surface area contributed by atoms with E-state index in [9.17, 15) is 13.6 Å². The molecule has 0 radical (unpaired) electrons. The van der Waals surface area contributed by atoms with E-state index in [-0.39, 0.29) is 11.5 Å². The van der Waals surface area contributed by atoms with Crippen LogP contribution in [0.3, 0.4) is 0 Å². The van der Waals surface area contributed by atoms with Crippen LogP contribution in [0, 0.1) is 18.6 Å². The molecule has 0 saturated heterocycles. The van der Waals surface area contributed by atoms with Crippen LogP contribution in [0.2, 0.25) is 0 Å². The standard InChI is InChI=1S/C22H25F2N3O3/c1-14-5-7-16(8-6-14)22(11-4-12-25)27(21(28)15(2)29-3)26-20(30-22)18-13-17(23)9-10-19(18)24/h5-10,13,15H,4,11-12,25H2,1-3H3/t15-,22?/m0/s1. The molecule has 1 heterocycles. The molecule has 0 bridgehead atoms. The van der Waals surface area contributed by atoms with E-state index in [1.165, 1.54) is 12.1 Å². The predicted octanol–water partition coefficient (Wildman–Crippen LogP) is 3.42. The number of ether oxygens (including phenoxy) is 2. The minimum absolute atomic E-state index is 0.167. The third kappa shape index (κ3) is 4.06. The summed E-state index contributed by atoms with van der Waals surface area (Å²) in [7, 11) is 1.41. The number of aryl methyl sites for hydroxylation is 1. The molecule has 3 rings (SSSR count). The van der Waals surface area contributed by atoms with Crippen molar-refractivity contribution >= 4 is 11.8 Å². The molecule has 1 aliphatic rings. The van der Waals surface area contributed by atoms with E-state index >= 15 is 0 Å².